The summed E-state index contributed by atoms with van der Waals surface area (Å²) in [6, 6.07) is 5.74. The molecule has 81 heavy (non-hydrogen) atoms. The van der Waals surface area contributed by atoms with Crippen LogP contribution in [0.1, 0.15) is 49.7 Å². The number of nitrogens with zero attached hydrogens (tertiary/aromatic N) is 4. The van der Waals surface area contributed by atoms with E-state index < -0.39 is 102 Å². The largest absolute Gasteiger partial charge is 0.480 e. The van der Waals surface area contributed by atoms with Gasteiger partial charge < -0.3 is 64.2 Å². The number of ether oxygens (including phenoxy) is 7. The number of halogens is 4. The Kier molecular flexibility index (Phi) is 34.5. The molecule has 2 aromatic carbocycles. The van der Waals surface area contributed by atoms with Crippen molar-refractivity contribution in [3.05, 3.63) is 64.7 Å². The van der Waals surface area contributed by atoms with Crippen molar-refractivity contribution in [2.24, 2.45) is 0 Å². The highest BCUT2D eigenvalue weighted by Crippen LogP contribution is 2.27. The van der Waals surface area contributed by atoms with Gasteiger partial charge in [0.05, 0.1) is 98.9 Å². The first-order valence-corrected chi connectivity index (χ1v) is 26.7. The van der Waals surface area contributed by atoms with E-state index in [4.69, 9.17) is 28.4 Å². The Morgan fingerprint density at radius 2 is 1.04 bits per heavy atom. The van der Waals surface area contributed by atoms with E-state index in [0.29, 0.717) is 65.7 Å². The fourth-order valence-corrected chi connectivity index (χ4v) is 8.37. The van der Waals surface area contributed by atoms with Crippen LogP contribution in [0.2, 0.25) is 0 Å². The number of carboxylic acids is 4. The van der Waals surface area contributed by atoms with Crippen molar-refractivity contribution in [3.8, 4) is 5.75 Å². The maximum absolute atomic E-state index is 14.0. The number of amides is 2. The Hall–Kier alpha value is -5.95. The zero-order chi connectivity index (χ0) is 59.4. The Morgan fingerprint density at radius 3 is 1.56 bits per heavy atom. The molecule has 3 rings (SSSR count). The molecule has 1 heterocycles. The van der Waals surface area contributed by atoms with Gasteiger partial charge in [0.15, 0.2) is 11.6 Å². The number of carboxylic acid groups (broad SMARTS) is 4. The predicted octanol–water partition coefficient (Wildman–Crippen LogP) is 1.53. The minimum absolute atomic E-state index is 0.0205. The lowest BCUT2D eigenvalue weighted by molar-refractivity contribution is -0.142. The number of methoxy groups -OCH3 is 1. The smallest absolute Gasteiger partial charge is 0.317 e. The van der Waals surface area contributed by atoms with Crippen molar-refractivity contribution in [1.82, 2.24) is 30.2 Å². The summed E-state index contributed by atoms with van der Waals surface area (Å²) in [5.41, 5.74) is 1.62. The van der Waals surface area contributed by atoms with Crippen molar-refractivity contribution in [2.45, 2.75) is 63.5 Å². The lowest BCUT2D eigenvalue weighted by Crippen LogP contribution is -2.53. The van der Waals surface area contributed by atoms with Crippen LogP contribution in [-0.2, 0) is 74.8 Å². The number of benzene rings is 2. The van der Waals surface area contributed by atoms with Gasteiger partial charge in [-0.2, -0.15) is 8.78 Å². The highest BCUT2D eigenvalue weighted by atomic mass is 19.2. The number of aliphatic carboxylic acids is 4. The predicted molar refractivity (Wildman–Crippen MR) is 280 cm³/mol. The van der Waals surface area contributed by atoms with Gasteiger partial charge in [0.25, 0.3) is 0 Å². The molecule has 2 atom stereocenters. The first kappa shape index (κ1) is 69.3. The molecule has 1 unspecified atom stereocenters. The van der Waals surface area contributed by atoms with Gasteiger partial charge in [0, 0.05) is 84.4 Å². The topological polar surface area (TPSA) is 302 Å². The summed E-state index contributed by atoms with van der Waals surface area (Å²) in [5, 5.41) is 44.4. The standard InChI is InChI=1S/C53H78F4N6O18/c1-75-21-22-77-25-26-79-29-30-80-28-27-78-24-23-76-20-13-58-53(74)43(59-44(64)7-2-3-8-49(73)81-52-50(56)41(54)32-42(55)51(52)57)6-4-5-38-9-11-39(12-10-38)31-40-33-62(36-47(69)70)17-16-60(34-45(65)66)14-15-61(35-46(67)68)18-19-63(40)37-48(71)72/h9-12,32,40,43H,2-8,13-31,33-37H2,1H3,(H,58,74)(H,59,64)(H,65,66)(H,67,68)(H,69,70)(H,71,72)/t40?,43-/m0/s1. The molecular formula is C53H78F4N6O18. The third kappa shape index (κ3) is 30.6. The number of carbonyl (C=O) groups is 7. The third-order valence-corrected chi connectivity index (χ3v) is 12.5. The van der Waals surface area contributed by atoms with E-state index in [2.05, 4.69) is 15.4 Å². The summed E-state index contributed by atoms with van der Waals surface area (Å²) in [6.07, 6.45) is 0.688. The Labute approximate surface area is 467 Å². The molecule has 0 aliphatic carbocycles. The summed E-state index contributed by atoms with van der Waals surface area (Å²) in [7, 11) is 1.59. The summed E-state index contributed by atoms with van der Waals surface area (Å²) < 4.78 is 91.9. The number of carbonyl (C=O) groups excluding carboxylic acids is 3. The number of hydrogen-bond donors (Lipinski definition) is 6. The van der Waals surface area contributed by atoms with Crippen molar-refractivity contribution in [1.29, 1.82) is 0 Å². The Morgan fingerprint density at radius 1 is 0.580 bits per heavy atom. The van der Waals surface area contributed by atoms with E-state index in [1.54, 1.807) is 26.7 Å². The fourth-order valence-electron chi connectivity index (χ4n) is 8.37. The van der Waals surface area contributed by atoms with Crippen LogP contribution in [0.3, 0.4) is 0 Å². The number of esters is 1. The van der Waals surface area contributed by atoms with Crippen molar-refractivity contribution >= 4 is 41.7 Å². The van der Waals surface area contributed by atoms with Gasteiger partial charge in [-0.05, 0) is 49.7 Å². The zero-order valence-electron chi connectivity index (χ0n) is 45.8. The van der Waals surface area contributed by atoms with Crippen LogP contribution in [0, 0.1) is 23.3 Å². The summed E-state index contributed by atoms with van der Waals surface area (Å²) in [6.45, 7) is 3.49. The van der Waals surface area contributed by atoms with E-state index >= 15 is 0 Å². The van der Waals surface area contributed by atoms with Crippen LogP contribution >= 0.6 is 0 Å². The number of rotatable bonds is 40. The SMILES string of the molecule is COCCOCCOCCOCCOCCOCCNC(=O)[C@H](CCCc1ccc(CC2CN(CC(=O)O)CCN(CC(=O)O)CCN(CC(=O)O)CCN2CC(=O)O)cc1)NC(=O)CCCCC(=O)Oc1c(F)c(F)cc(F)c1F. The molecule has 1 saturated heterocycles. The molecule has 456 valence electrons. The highest BCUT2D eigenvalue weighted by Gasteiger charge is 2.29. The van der Waals surface area contributed by atoms with Crippen LogP contribution < -0.4 is 15.4 Å². The molecule has 1 aliphatic heterocycles. The van der Waals surface area contributed by atoms with Gasteiger partial charge in [0.1, 0.15) is 6.04 Å². The quantitative estimate of drug-likeness (QED) is 0.0181. The monoisotopic (exact) mass is 1160 g/mol. The molecule has 6 N–H and O–H groups in total. The summed E-state index contributed by atoms with van der Waals surface area (Å²) in [5.74, 6) is -15.5. The lowest BCUT2D eigenvalue weighted by Gasteiger charge is -2.37. The Bertz CT molecular complexity index is 2210. The second-order valence-corrected chi connectivity index (χ2v) is 18.8. The van der Waals surface area contributed by atoms with Crippen LogP contribution in [-0.4, -0.2) is 252 Å². The molecule has 24 nitrogen and oxygen atoms in total. The lowest BCUT2D eigenvalue weighted by atomic mass is 9.99. The molecule has 28 heteroatoms. The molecule has 0 radical (unpaired) electrons. The van der Waals surface area contributed by atoms with E-state index in [1.165, 1.54) is 0 Å². The number of nitrogens with one attached hydrogen (secondary N) is 2. The van der Waals surface area contributed by atoms with E-state index in [1.807, 2.05) is 24.3 Å². The molecule has 0 aromatic heterocycles. The second kappa shape index (κ2) is 40.3. The zero-order valence-corrected chi connectivity index (χ0v) is 45.8. The van der Waals surface area contributed by atoms with Gasteiger partial charge in [-0.15, -0.1) is 0 Å². The third-order valence-electron chi connectivity index (χ3n) is 12.5. The van der Waals surface area contributed by atoms with Crippen LogP contribution in [0.25, 0.3) is 0 Å². The van der Waals surface area contributed by atoms with Crippen LogP contribution in [0.5, 0.6) is 5.75 Å². The van der Waals surface area contributed by atoms with Crippen LogP contribution in [0.15, 0.2) is 30.3 Å². The first-order valence-electron chi connectivity index (χ1n) is 26.7. The number of aryl methyl sites for hydroxylation is 1. The maximum Gasteiger partial charge on any atom is 0.317 e. The molecule has 0 spiro atoms. The summed E-state index contributed by atoms with van der Waals surface area (Å²) in [4.78, 5) is 93.1. The fraction of sp³-hybridized carbons (Fsp3) is 0.642. The minimum Gasteiger partial charge on any atom is -0.480 e. The van der Waals surface area contributed by atoms with Gasteiger partial charge >= 0.3 is 29.8 Å². The molecule has 0 bridgehead atoms. The first-order chi connectivity index (χ1) is 38.8. The van der Waals surface area contributed by atoms with Gasteiger partial charge in [-0.3, -0.25) is 53.2 Å². The Balaban J connectivity index is 1.61. The van der Waals surface area contributed by atoms with Crippen molar-refractivity contribution in [3.63, 3.8) is 0 Å². The van der Waals surface area contributed by atoms with E-state index in [-0.39, 0.29) is 123 Å². The van der Waals surface area contributed by atoms with E-state index in [0.717, 1.165) is 11.1 Å². The molecule has 0 saturated carbocycles. The number of hydrogen-bond acceptors (Lipinski definition) is 18. The van der Waals surface area contributed by atoms with Crippen LogP contribution in [0.4, 0.5) is 17.6 Å². The average Bonchev–Trinajstić information content (AvgIpc) is 3.43. The molecular weight excluding hydrogens is 1080 g/mol. The van der Waals surface area contributed by atoms with Crippen molar-refractivity contribution < 1.29 is 105 Å². The molecule has 1 fully saturated rings. The molecule has 2 aromatic rings. The van der Waals surface area contributed by atoms with E-state index in [9.17, 15) is 71.5 Å². The van der Waals surface area contributed by atoms with Gasteiger partial charge in [-0.1, -0.05) is 24.3 Å². The molecule has 1 aliphatic rings. The van der Waals surface area contributed by atoms with Gasteiger partial charge in [0.2, 0.25) is 29.2 Å². The highest BCUT2D eigenvalue weighted by molar-refractivity contribution is 5.87. The normalized spacial score (nSPS) is 15.5. The maximum atomic E-state index is 14.0. The van der Waals surface area contributed by atoms with Crippen molar-refractivity contribution in [2.75, 3.05) is 158 Å². The summed E-state index contributed by atoms with van der Waals surface area (Å²) >= 11 is 0. The second-order valence-electron chi connectivity index (χ2n) is 18.8. The molecule has 2 amide bonds. The number of unbranched alkanes of at least 4 members (excludes halogenated alkanes) is 1. The minimum atomic E-state index is -1.88. The van der Waals surface area contributed by atoms with Gasteiger partial charge in [-0.25, -0.2) is 8.78 Å². The average molecular weight is 1160 g/mol.